The molecule has 2 rings (SSSR count). The van der Waals surface area contributed by atoms with Gasteiger partial charge in [-0.1, -0.05) is 40.0 Å². The highest BCUT2D eigenvalue weighted by molar-refractivity contribution is 7.90. The van der Waals surface area contributed by atoms with Gasteiger partial charge in [0, 0.05) is 37.5 Å². The SMILES string of the molecule is CC(C)(C)C1CNC2(CCCCC2)CN1CCS(C)(=O)=O. The van der Waals surface area contributed by atoms with Crippen LogP contribution < -0.4 is 5.32 Å². The lowest BCUT2D eigenvalue weighted by Crippen LogP contribution is -2.67. The molecular formula is C16H32N2O2S. The molecule has 21 heavy (non-hydrogen) atoms. The lowest BCUT2D eigenvalue weighted by atomic mass is 9.76. The molecule has 1 spiro atoms. The molecule has 0 aromatic carbocycles. The van der Waals surface area contributed by atoms with E-state index in [-0.39, 0.29) is 16.7 Å². The molecule has 2 aliphatic rings. The maximum absolute atomic E-state index is 11.6. The second-order valence-electron chi connectivity index (χ2n) is 8.20. The van der Waals surface area contributed by atoms with Gasteiger partial charge in [0.15, 0.2) is 0 Å². The Morgan fingerprint density at radius 3 is 2.33 bits per heavy atom. The van der Waals surface area contributed by atoms with Crippen molar-refractivity contribution < 1.29 is 8.42 Å². The summed E-state index contributed by atoms with van der Waals surface area (Å²) in [7, 11) is -2.90. The first-order valence-electron chi connectivity index (χ1n) is 8.28. The Labute approximate surface area is 130 Å². The monoisotopic (exact) mass is 316 g/mol. The van der Waals surface area contributed by atoms with Crippen LogP contribution in [-0.4, -0.2) is 56.5 Å². The molecule has 2 fully saturated rings. The molecule has 0 bridgehead atoms. The highest BCUT2D eigenvalue weighted by Gasteiger charge is 2.43. The van der Waals surface area contributed by atoms with E-state index in [1.165, 1.54) is 38.4 Å². The average molecular weight is 317 g/mol. The number of piperazine rings is 1. The summed E-state index contributed by atoms with van der Waals surface area (Å²) < 4.78 is 23.1. The predicted octanol–water partition coefficient (Wildman–Crippen LogP) is 2.05. The van der Waals surface area contributed by atoms with E-state index >= 15 is 0 Å². The second-order valence-corrected chi connectivity index (χ2v) is 10.5. The Bertz CT molecular complexity index is 447. The normalized spacial score (nSPS) is 27.9. The third-order valence-corrected chi connectivity index (χ3v) is 6.10. The van der Waals surface area contributed by atoms with Crippen molar-refractivity contribution in [2.45, 2.75) is 64.5 Å². The Morgan fingerprint density at radius 1 is 1.19 bits per heavy atom. The molecule has 1 unspecified atom stereocenters. The zero-order chi connectivity index (χ0) is 15.7. The number of nitrogens with zero attached hydrogens (tertiary/aromatic N) is 1. The predicted molar refractivity (Wildman–Crippen MR) is 88.3 cm³/mol. The van der Waals surface area contributed by atoms with Gasteiger partial charge in [0.05, 0.1) is 5.75 Å². The highest BCUT2D eigenvalue weighted by atomic mass is 32.2. The van der Waals surface area contributed by atoms with Crippen LogP contribution in [0.15, 0.2) is 0 Å². The molecule has 124 valence electrons. The maximum atomic E-state index is 11.6. The first-order chi connectivity index (χ1) is 9.61. The fraction of sp³-hybridized carbons (Fsp3) is 1.00. The maximum Gasteiger partial charge on any atom is 0.148 e. The summed E-state index contributed by atoms with van der Waals surface area (Å²) in [6, 6.07) is 0.409. The van der Waals surface area contributed by atoms with E-state index in [0.717, 1.165) is 13.1 Å². The van der Waals surface area contributed by atoms with Crippen molar-refractivity contribution in [2.24, 2.45) is 5.41 Å². The molecule has 1 saturated heterocycles. The smallest absolute Gasteiger partial charge is 0.148 e. The van der Waals surface area contributed by atoms with Crippen LogP contribution in [0.1, 0.15) is 52.9 Å². The molecule has 1 saturated carbocycles. The number of nitrogens with one attached hydrogen (secondary N) is 1. The molecular weight excluding hydrogens is 284 g/mol. The molecule has 0 aromatic heterocycles. The Hall–Kier alpha value is -0.130. The minimum absolute atomic E-state index is 0.167. The van der Waals surface area contributed by atoms with E-state index in [0.29, 0.717) is 12.6 Å². The molecule has 1 heterocycles. The number of hydrogen-bond donors (Lipinski definition) is 1. The summed E-state index contributed by atoms with van der Waals surface area (Å²) in [4.78, 5) is 2.45. The summed E-state index contributed by atoms with van der Waals surface area (Å²) >= 11 is 0. The minimum Gasteiger partial charge on any atom is -0.308 e. The highest BCUT2D eigenvalue weighted by Crippen LogP contribution is 2.35. The first-order valence-corrected chi connectivity index (χ1v) is 10.3. The molecule has 5 heteroatoms. The summed E-state index contributed by atoms with van der Waals surface area (Å²) in [5.74, 6) is 0.273. The first kappa shape index (κ1) is 17.2. The zero-order valence-electron chi connectivity index (χ0n) is 14.1. The van der Waals surface area contributed by atoms with Crippen LogP contribution in [0, 0.1) is 5.41 Å². The number of rotatable bonds is 3. The van der Waals surface area contributed by atoms with Gasteiger partial charge < -0.3 is 5.32 Å². The standard InChI is InChI=1S/C16H32N2O2S/c1-15(2,3)14-12-17-16(8-6-5-7-9-16)13-18(14)10-11-21(4,19)20/h14,17H,5-13H2,1-4H3. The van der Waals surface area contributed by atoms with Gasteiger partial charge in [0.2, 0.25) is 0 Å². The van der Waals surface area contributed by atoms with Crippen LogP contribution in [0.4, 0.5) is 0 Å². The van der Waals surface area contributed by atoms with Crippen molar-refractivity contribution in [1.29, 1.82) is 0 Å². The van der Waals surface area contributed by atoms with E-state index in [4.69, 9.17) is 0 Å². The van der Waals surface area contributed by atoms with Gasteiger partial charge in [-0.05, 0) is 18.3 Å². The van der Waals surface area contributed by atoms with Gasteiger partial charge >= 0.3 is 0 Å². The minimum atomic E-state index is -2.90. The van der Waals surface area contributed by atoms with Crippen LogP contribution >= 0.6 is 0 Å². The Morgan fingerprint density at radius 2 is 1.81 bits per heavy atom. The van der Waals surface area contributed by atoms with E-state index in [9.17, 15) is 8.42 Å². The lowest BCUT2D eigenvalue weighted by Gasteiger charge is -2.53. The van der Waals surface area contributed by atoms with E-state index in [1.54, 1.807) is 0 Å². The lowest BCUT2D eigenvalue weighted by molar-refractivity contribution is 0.0125. The van der Waals surface area contributed by atoms with E-state index in [1.807, 2.05) is 0 Å². The Balaban J connectivity index is 2.11. The molecule has 4 nitrogen and oxygen atoms in total. The van der Waals surface area contributed by atoms with Gasteiger partial charge in [0.25, 0.3) is 0 Å². The number of hydrogen-bond acceptors (Lipinski definition) is 4. The van der Waals surface area contributed by atoms with Gasteiger partial charge in [-0.2, -0.15) is 0 Å². The third-order valence-electron chi connectivity index (χ3n) is 5.18. The van der Waals surface area contributed by atoms with Crippen molar-refractivity contribution in [3.8, 4) is 0 Å². The summed E-state index contributed by atoms with van der Waals surface area (Å²) in [5.41, 5.74) is 0.401. The molecule has 1 aliphatic heterocycles. The molecule has 1 N–H and O–H groups in total. The van der Waals surface area contributed by atoms with Gasteiger partial charge in [0.1, 0.15) is 9.84 Å². The van der Waals surface area contributed by atoms with Crippen molar-refractivity contribution >= 4 is 9.84 Å². The number of sulfone groups is 1. The largest absolute Gasteiger partial charge is 0.308 e. The molecule has 1 aliphatic carbocycles. The average Bonchev–Trinajstić information content (AvgIpc) is 2.35. The van der Waals surface area contributed by atoms with Crippen LogP contribution in [0.5, 0.6) is 0 Å². The molecule has 1 atom stereocenters. The topological polar surface area (TPSA) is 49.4 Å². The van der Waals surface area contributed by atoms with Crippen molar-refractivity contribution in [1.82, 2.24) is 10.2 Å². The quantitative estimate of drug-likeness (QED) is 0.866. The van der Waals surface area contributed by atoms with Crippen LogP contribution in [0.3, 0.4) is 0 Å². The molecule has 0 aromatic rings. The second kappa shape index (κ2) is 6.17. The van der Waals surface area contributed by atoms with Crippen molar-refractivity contribution in [3.63, 3.8) is 0 Å². The fourth-order valence-electron chi connectivity index (χ4n) is 3.93. The summed E-state index contributed by atoms with van der Waals surface area (Å²) in [6.07, 6.45) is 7.76. The molecule has 0 radical (unpaired) electrons. The van der Waals surface area contributed by atoms with Gasteiger partial charge in [-0.15, -0.1) is 0 Å². The van der Waals surface area contributed by atoms with Crippen molar-refractivity contribution in [2.75, 3.05) is 31.6 Å². The van der Waals surface area contributed by atoms with Crippen molar-refractivity contribution in [3.05, 3.63) is 0 Å². The van der Waals surface area contributed by atoms with Crippen LogP contribution in [0.25, 0.3) is 0 Å². The van der Waals surface area contributed by atoms with Crippen LogP contribution in [-0.2, 0) is 9.84 Å². The van der Waals surface area contributed by atoms with Crippen LogP contribution in [0.2, 0.25) is 0 Å². The fourth-order valence-corrected chi connectivity index (χ4v) is 4.50. The molecule has 0 amide bonds. The van der Waals surface area contributed by atoms with E-state index in [2.05, 4.69) is 31.0 Å². The van der Waals surface area contributed by atoms with Gasteiger partial charge in [-0.25, -0.2) is 8.42 Å². The Kier molecular flexibility index (Phi) is 5.06. The third kappa shape index (κ3) is 4.67. The summed E-state index contributed by atoms with van der Waals surface area (Å²) in [6.45, 7) is 9.42. The van der Waals surface area contributed by atoms with Gasteiger partial charge in [-0.3, -0.25) is 4.90 Å². The van der Waals surface area contributed by atoms with E-state index < -0.39 is 9.84 Å². The zero-order valence-corrected chi connectivity index (χ0v) is 14.9. The summed E-state index contributed by atoms with van der Waals surface area (Å²) in [5, 5.41) is 3.83.